The normalized spacial score (nSPS) is 17.3. The number of likely N-dealkylation sites (N-methyl/N-ethyl adjacent to an activating group) is 1. The first-order valence-corrected chi connectivity index (χ1v) is 10.1. The highest BCUT2D eigenvalue weighted by Gasteiger charge is 2.27. The van der Waals surface area contributed by atoms with Crippen molar-refractivity contribution < 1.29 is 9.90 Å². The van der Waals surface area contributed by atoms with Crippen molar-refractivity contribution in [2.75, 3.05) is 14.1 Å². The highest BCUT2D eigenvalue weighted by atomic mass is 32.1. The van der Waals surface area contributed by atoms with E-state index in [0.29, 0.717) is 12.5 Å². The average molecular weight is 373 g/mol. The third kappa shape index (κ3) is 4.46. The van der Waals surface area contributed by atoms with Gasteiger partial charge in [0.15, 0.2) is 0 Å². The minimum absolute atomic E-state index is 0.145. The zero-order valence-corrected chi connectivity index (χ0v) is 16.6. The largest absolute Gasteiger partial charge is 0.508 e. The molecule has 0 bridgehead atoms. The molecule has 140 valence electrons. The number of fused-ring (bicyclic) bond motifs is 1. The van der Waals surface area contributed by atoms with Crippen molar-refractivity contribution in [1.29, 1.82) is 0 Å². The van der Waals surface area contributed by atoms with Crippen LogP contribution in [0, 0.1) is 6.92 Å². The van der Waals surface area contributed by atoms with E-state index in [1.165, 1.54) is 21.6 Å². The number of hydrogen-bond donors (Lipinski definition) is 2. The number of benzene rings is 1. The molecule has 0 saturated carbocycles. The van der Waals surface area contributed by atoms with Gasteiger partial charge in [-0.1, -0.05) is 12.1 Å². The van der Waals surface area contributed by atoms with E-state index < -0.39 is 0 Å². The van der Waals surface area contributed by atoms with Crippen LogP contribution in [0.25, 0.3) is 0 Å². The molecule has 0 spiro atoms. The summed E-state index contributed by atoms with van der Waals surface area (Å²) in [6, 6.07) is 7.83. The van der Waals surface area contributed by atoms with Gasteiger partial charge in [0, 0.05) is 17.3 Å². The first kappa shape index (κ1) is 18.9. The van der Waals surface area contributed by atoms with Crippen LogP contribution in [-0.2, 0) is 17.6 Å². The number of aryl methyl sites for hydroxylation is 1. The Kier molecular flexibility index (Phi) is 5.99. The Hall–Kier alpha value is -1.85. The van der Waals surface area contributed by atoms with Gasteiger partial charge in [0.1, 0.15) is 5.75 Å². The Balaban J connectivity index is 1.52. The maximum Gasteiger partial charge on any atom is 0.220 e. The Morgan fingerprint density at radius 1 is 1.35 bits per heavy atom. The highest BCUT2D eigenvalue weighted by Crippen LogP contribution is 2.37. The van der Waals surface area contributed by atoms with Gasteiger partial charge in [-0.3, -0.25) is 4.79 Å². The lowest BCUT2D eigenvalue weighted by Gasteiger charge is -2.24. The number of amides is 1. The van der Waals surface area contributed by atoms with E-state index in [1.54, 1.807) is 23.5 Å². The van der Waals surface area contributed by atoms with Crippen LogP contribution in [0.2, 0.25) is 0 Å². The first-order chi connectivity index (χ1) is 12.4. The summed E-state index contributed by atoms with van der Waals surface area (Å²) in [5.74, 6) is 0.431. The smallest absolute Gasteiger partial charge is 0.220 e. The summed E-state index contributed by atoms with van der Waals surface area (Å²) >= 11 is 1.78. The van der Waals surface area contributed by atoms with Crippen molar-refractivity contribution in [3.05, 3.63) is 51.2 Å². The van der Waals surface area contributed by atoms with Gasteiger partial charge in [-0.15, -0.1) is 11.3 Å². The number of thiophene rings is 1. The topological polar surface area (TPSA) is 52.6 Å². The van der Waals surface area contributed by atoms with Crippen LogP contribution < -0.4 is 5.32 Å². The molecule has 1 aromatic heterocycles. The second-order valence-corrected chi connectivity index (χ2v) is 8.36. The fourth-order valence-electron chi connectivity index (χ4n) is 3.67. The number of nitrogens with zero attached hydrogens (tertiary/aromatic N) is 1. The van der Waals surface area contributed by atoms with Crippen LogP contribution >= 0.6 is 11.3 Å². The summed E-state index contributed by atoms with van der Waals surface area (Å²) in [5, 5.41) is 14.9. The van der Waals surface area contributed by atoms with Gasteiger partial charge < -0.3 is 15.3 Å². The van der Waals surface area contributed by atoms with Gasteiger partial charge in [-0.05, 0) is 80.9 Å². The summed E-state index contributed by atoms with van der Waals surface area (Å²) in [4.78, 5) is 16.0. The lowest BCUT2D eigenvalue weighted by atomic mass is 10.0. The predicted molar refractivity (Wildman–Crippen MR) is 107 cm³/mol. The van der Waals surface area contributed by atoms with Gasteiger partial charge in [-0.2, -0.15) is 0 Å². The summed E-state index contributed by atoms with van der Waals surface area (Å²) in [7, 11) is 4.11. The minimum Gasteiger partial charge on any atom is -0.508 e. The molecule has 4 nitrogen and oxygen atoms in total. The van der Waals surface area contributed by atoms with E-state index in [4.69, 9.17) is 0 Å². The fourth-order valence-corrected chi connectivity index (χ4v) is 4.86. The van der Waals surface area contributed by atoms with E-state index in [0.717, 1.165) is 25.7 Å². The summed E-state index contributed by atoms with van der Waals surface area (Å²) < 4.78 is 0. The van der Waals surface area contributed by atoms with Crippen LogP contribution in [-0.4, -0.2) is 36.1 Å². The molecule has 1 unspecified atom stereocenters. The van der Waals surface area contributed by atoms with Crippen molar-refractivity contribution in [2.24, 2.45) is 0 Å². The zero-order valence-electron chi connectivity index (χ0n) is 15.8. The summed E-state index contributed by atoms with van der Waals surface area (Å²) in [6.07, 6.45) is 4.34. The number of phenols is 1. The van der Waals surface area contributed by atoms with E-state index in [2.05, 4.69) is 36.6 Å². The molecule has 26 heavy (non-hydrogen) atoms. The lowest BCUT2D eigenvalue weighted by Crippen LogP contribution is -2.33. The highest BCUT2D eigenvalue weighted by molar-refractivity contribution is 7.10. The van der Waals surface area contributed by atoms with Crippen molar-refractivity contribution in [1.82, 2.24) is 10.2 Å². The number of carbonyl (C=O) groups excluding carboxylic acids is 1. The Bertz CT molecular complexity index is 752. The van der Waals surface area contributed by atoms with Crippen LogP contribution in [0.3, 0.4) is 0 Å². The molecule has 0 saturated heterocycles. The third-order valence-electron chi connectivity index (χ3n) is 5.31. The number of nitrogens with one attached hydrogen (secondary N) is 1. The monoisotopic (exact) mass is 372 g/mol. The molecule has 2 N–H and O–H groups in total. The number of carbonyl (C=O) groups is 1. The Morgan fingerprint density at radius 2 is 2.08 bits per heavy atom. The second-order valence-electron chi connectivity index (χ2n) is 7.45. The molecule has 1 aliphatic carbocycles. The fraction of sp³-hybridized carbons (Fsp3) is 0.476. The zero-order chi connectivity index (χ0) is 18.7. The van der Waals surface area contributed by atoms with Crippen LogP contribution in [0.4, 0.5) is 0 Å². The van der Waals surface area contributed by atoms with Crippen LogP contribution in [0.1, 0.15) is 46.9 Å². The van der Waals surface area contributed by atoms with E-state index in [9.17, 15) is 9.90 Å². The molecular weight excluding hydrogens is 344 g/mol. The van der Waals surface area contributed by atoms with Gasteiger partial charge in [0.25, 0.3) is 0 Å². The number of rotatable bonds is 7. The minimum atomic E-state index is 0.145. The van der Waals surface area contributed by atoms with Crippen molar-refractivity contribution >= 4 is 17.2 Å². The van der Waals surface area contributed by atoms with Crippen molar-refractivity contribution in [3.8, 4) is 5.75 Å². The predicted octanol–water partition coefficient (Wildman–Crippen LogP) is 3.82. The number of aromatic hydroxyl groups is 1. The molecule has 1 amide bonds. The van der Waals surface area contributed by atoms with Gasteiger partial charge in [-0.25, -0.2) is 0 Å². The summed E-state index contributed by atoms with van der Waals surface area (Å²) in [6.45, 7) is 2.16. The van der Waals surface area contributed by atoms with Crippen LogP contribution in [0.5, 0.6) is 5.75 Å². The molecule has 3 rings (SSSR count). The maximum absolute atomic E-state index is 12.5. The van der Waals surface area contributed by atoms with E-state index >= 15 is 0 Å². The quantitative estimate of drug-likeness (QED) is 0.777. The third-order valence-corrected chi connectivity index (χ3v) is 6.57. The molecule has 1 heterocycles. The molecule has 1 aromatic carbocycles. The maximum atomic E-state index is 12.5. The van der Waals surface area contributed by atoms with E-state index in [-0.39, 0.29) is 17.7 Å². The van der Waals surface area contributed by atoms with Gasteiger partial charge in [0.2, 0.25) is 5.91 Å². The number of hydrogen-bond acceptors (Lipinski definition) is 4. The molecule has 2 atom stereocenters. The molecule has 5 heteroatoms. The number of phenolic OH excluding ortho intramolecular Hbond substituents is 1. The molecule has 1 aliphatic rings. The Morgan fingerprint density at radius 3 is 2.77 bits per heavy atom. The standard InChI is InChI=1S/C21H28N2O2S/c1-14-13-26-21-18(14)9-10-19(21)22-20(25)11-6-16(23(2)3)12-15-4-7-17(24)8-5-15/h4-5,7-8,13,16,19,24H,6,9-12H2,1-3H3,(H,22,25)/t16-,19?/m1/s1. The average Bonchev–Trinajstić information content (AvgIpc) is 3.17. The van der Waals surface area contributed by atoms with E-state index in [1.807, 2.05) is 12.1 Å². The van der Waals surface area contributed by atoms with Gasteiger partial charge >= 0.3 is 0 Å². The first-order valence-electron chi connectivity index (χ1n) is 9.24. The molecular formula is C21H28N2O2S. The molecule has 2 aromatic rings. The second kappa shape index (κ2) is 8.23. The lowest BCUT2D eigenvalue weighted by molar-refractivity contribution is -0.122. The van der Waals surface area contributed by atoms with Crippen LogP contribution in [0.15, 0.2) is 29.6 Å². The SMILES string of the molecule is Cc1csc2c1CCC2NC(=O)CC[C@H](Cc1ccc(O)cc1)N(C)C. The molecule has 0 aliphatic heterocycles. The molecule has 0 fully saturated rings. The summed E-state index contributed by atoms with van der Waals surface area (Å²) in [5.41, 5.74) is 3.98. The van der Waals surface area contributed by atoms with Crippen molar-refractivity contribution in [2.45, 2.75) is 51.1 Å². The van der Waals surface area contributed by atoms with Crippen molar-refractivity contribution in [3.63, 3.8) is 0 Å². The van der Waals surface area contributed by atoms with Gasteiger partial charge in [0.05, 0.1) is 6.04 Å². The molecule has 0 radical (unpaired) electrons. The Labute approximate surface area is 159 Å².